The fraction of sp³-hybridized carbons (Fsp3) is 0.0667. The summed E-state index contributed by atoms with van der Waals surface area (Å²) < 4.78 is 38.0. The van der Waals surface area contributed by atoms with E-state index in [-0.39, 0.29) is 10.7 Å². The summed E-state index contributed by atoms with van der Waals surface area (Å²) in [6.45, 7) is 0. The number of alkyl halides is 3. The first-order chi connectivity index (χ1) is 11.0. The maximum absolute atomic E-state index is 12.7. The molecule has 1 aliphatic rings. The average molecular weight is 317 g/mol. The predicted molar refractivity (Wildman–Crippen MR) is 79.2 cm³/mol. The second-order valence-electron chi connectivity index (χ2n) is 5.03. The van der Waals surface area contributed by atoms with Crippen molar-refractivity contribution in [3.8, 4) is 0 Å². The summed E-state index contributed by atoms with van der Waals surface area (Å²) in [7, 11) is 0. The van der Waals surface area contributed by atoms with Gasteiger partial charge in [-0.25, -0.2) is 9.99 Å². The van der Waals surface area contributed by atoms with Crippen molar-refractivity contribution in [2.24, 2.45) is 0 Å². The van der Waals surface area contributed by atoms with Crippen LogP contribution in [0.1, 0.15) is 5.69 Å². The highest BCUT2D eigenvalue weighted by Gasteiger charge is 2.38. The number of rotatable bonds is 1. The minimum Gasteiger partial charge on any atom is -0.300 e. The molecule has 0 spiro atoms. The fourth-order valence-electron chi connectivity index (χ4n) is 2.45. The maximum atomic E-state index is 12.7. The molecule has 2 aromatic heterocycles. The van der Waals surface area contributed by atoms with Gasteiger partial charge < -0.3 is 0 Å². The molecule has 0 bridgehead atoms. The predicted octanol–water partition coefficient (Wildman–Crippen LogP) is 2.93. The molecule has 8 heteroatoms. The van der Waals surface area contributed by atoms with E-state index in [1.54, 1.807) is 12.3 Å². The van der Waals surface area contributed by atoms with Crippen molar-refractivity contribution >= 4 is 27.5 Å². The second-order valence-corrected chi connectivity index (χ2v) is 5.03. The number of pyridine rings is 2. The van der Waals surface area contributed by atoms with E-state index >= 15 is 0 Å². The van der Waals surface area contributed by atoms with Crippen LogP contribution in [0.2, 0.25) is 0 Å². The molecule has 2 N–H and O–H groups in total. The molecule has 0 fully saturated rings. The summed E-state index contributed by atoms with van der Waals surface area (Å²) in [6, 6.07) is 11.1. The van der Waals surface area contributed by atoms with Gasteiger partial charge in [0, 0.05) is 17.0 Å². The fourth-order valence-corrected chi connectivity index (χ4v) is 2.45. The van der Waals surface area contributed by atoms with Crippen LogP contribution in [0.25, 0.3) is 27.5 Å². The first-order valence-electron chi connectivity index (χ1n) is 6.77. The number of hydrazine groups is 2. The van der Waals surface area contributed by atoms with Crippen molar-refractivity contribution in [1.29, 1.82) is 0 Å². The molecular weight excluding hydrogens is 307 g/mol. The lowest BCUT2D eigenvalue weighted by Crippen LogP contribution is -2.45. The van der Waals surface area contributed by atoms with Crippen LogP contribution in [0.15, 0.2) is 48.8 Å². The Morgan fingerprint density at radius 1 is 0.957 bits per heavy atom. The quantitative estimate of drug-likeness (QED) is 0.534. The molecule has 0 saturated carbocycles. The summed E-state index contributed by atoms with van der Waals surface area (Å²) in [4.78, 5) is 8.80. The van der Waals surface area contributed by atoms with Crippen LogP contribution >= 0.6 is 0 Å². The van der Waals surface area contributed by atoms with E-state index in [0.717, 1.165) is 17.0 Å². The van der Waals surface area contributed by atoms with E-state index in [4.69, 9.17) is 0 Å². The van der Waals surface area contributed by atoms with Crippen molar-refractivity contribution in [3.05, 3.63) is 54.5 Å². The third-order valence-corrected chi connectivity index (χ3v) is 3.55. The molecule has 0 radical (unpaired) electrons. The smallest absolute Gasteiger partial charge is 0.300 e. The highest BCUT2D eigenvalue weighted by Crippen LogP contribution is 2.27. The molecule has 3 heterocycles. The Bertz CT molecular complexity index is 935. The Hall–Kier alpha value is -2.87. The number of nitrogens with zero attached hydrogens (tertiary/aromatic N) is 3. The molecule has 0 saturated heterocycles. The number of halogens is 3. The lowest BCUT2D eigenvalue weighted by Gasteiger charge is -2.17. The summed E-state index contributed by atoms with van der Waals surface area (Å²) in [5.74, 6) is 0. The highest BCUT2D eigenvalue weighted by molar-refractivity contribution is 6.02. The van der Waals surface area contributed by atoms with E-state index in [0.29, 0.717) is 16.7 Å². The minimum absolute atomic E-state index is 0.0373. The summed E-state index contributed by atoms with van der Waals surface area (Å²) in [6.07, 6.45) is -1.93. The molecule has 0 amide bonds. The van der Waals surface area contributed by atoms with E-state index in [9.17, 15) is 13.2 Å². The third kappa shape index (κ3) is 2.33. The van der Waals surface area contributed by atoms with Gasteiger partial charge in [-0.2, -0.15) is 0 Å². The van der Waals surface area contributed by atoms with Crippen molar-refractivity contribution in [2.45, 2.75) is 6.30 Å². The Morgan fingerprint density at radius 2 is 1.70 bits per heavy atom. The van der Waals surface area contributed by atoms with Crippen LogP contribution in [0, 0.1) is 0 Å². The third-order valence-electron chi connectivity index (χ3n) is 3.55. The minimum atomic E-state index is -4.51. The number of hydrogen-bond acceptors (Lipinski definition) is 5. The lowest BCUT2D eigenvalue weighted by atomic mass is 10.1. The van der Waals surface area contributed by atoms with Gasteiger partial charge in [-0.05, 0) is 12.1 Å². The van der Waals surface area contributed by atoms with Crippen LogP contribution < -0.4 is 11.0 Å². The number of aromatic nitrogens is 2. The molecule has 0 unspecified atom stereocenters. The van der Waals surface area contributed by atoms with Crippen LogP contribution in [-0.4, -0.2) is 21.3 Å². The normalized spacial score (nSPS) is 15.1. The second kappa shape index (κ2) is 4.82. The summed E-state index contributed by atoms with van der Waals surface area (Å²) >= 11 is 0. The lowest BCUT2D eigenvalue weighted by molar-refractivity contribution is -0.243. The van der Waals surface area contributed by atoms with Crippen molar-refractivity contribution in [2.75, 3.05) is 0 Å². The Labute approximate surface area is 128 Å². The SMILES string of the molecule is FC(F)(F)N1C=C(c2ccc3ccc4cccnc4c3n2)NN1. The van der Waals surface area contributed by atoms with Gasteiger partial charge in [0.2, 0.25) is 0 Å². The van der Waals surface area contributed by atoms with Gasteiger partial charge in [0.25, 0.3) is 0 Å². The van der Waals surface area contributed by atoms with Gasteiger partial charge in [0.1, 0.15) is 0 Å². The number of hydrogen-bond donors (Lipinski definition) is 2. The van der Waals surface area contributed by atoms with Crippen LogP contribution in [-0.2, 0) is 0 Å². The van der Waals surface area contributed by atoms with E-state index in [1.165, 1.54) is 0 Å². The van der Waals surface area contributed by atoms with Gasteiger partial charge in [-0.1, -0.05) is 24.3 Å². The number of nitrogens with one attached hydrogen (secondary N) is 2. The zero-order chi connectivity index (χ0) is 16.0. The van der Waals surface area contributed by atoms with Crippen LogP contribution in [0.5, 0.6) is 0 Å². The Morgan fingerprint density at radius 3 is 2.43 bits per heavy atom. The molecular formula is C15H10F3N5. The van der Waals surface area contributed by atoms with E-state index in [2.05, 4.69) is 15.4 Å². The van der Waals surface area contributed by atoms with Crippen LogP contribution in [0.4, 0.5) is 13.2 Å². The molecule has 116 valence electrons. The van der Waals surface area contributed by atoms with Gasteiger partial charge in [0.05, 0.1) is 28.6 Å². The molecule has 0 aliphatic carbocycles. The zero-order valence-corrected chi connectivity index (χ0v) is 11.6. The monoisotopic (exact) mass is 317 g/mol. The van der Waals surface area contributed by atoms with E-state index < -0.39 is 6.30 Å². The molecule has 1 aromatic carbocycles. The van der Waals surface area contributed by atoms with Gasteiger partial charge in [-0.3, -0.25) is 10.4 Å². The van der Waals surface area contributed by atoms with Gasteiger partial charge >= 0.3 is 6.30 Å². The number of fused-ring (bicyclic) bond motifs is 3. The van der Waals surface area contributed by atoms with E-state index in [1.807, 2.05) is 35.9 Å². The first-order valence-corrected chi connectivity index (χ1v) is 6.77. The number of benzene rings is 1. The van der Waals surface area contributed by atoms with Gasteiger partial charge in [0.15, 0.2) is 0 Å². The topological polar surface area (TPSA) is 53.1 Å². The maximum Gasteiger partial charge on any atom is 0.500 e. The Balaban J connectivity index is 1.85. The first kappa shape index (κ1) is 13.8. The molecule has 3 aromatic rings. The Kier molecular flexibility index (Phi) is 2.88. The molecule has 0 atom stereocenters. The zero-order valence-electron chi connectivity index (χ0n) is 11.6. The molecule has 5 nitrogen and oxygen atoms in total. The molecule has 4 rings (SSSR count). The highest BCUT2D eigenvalue weighted by atomic mass is 19.4. The largest absolute Gasteiger partial charge is 0.500 e. The van der Waals surface area contributed by atoms with Crippen LogP contribution in [0.3, 0.4) is 0 Å². The standard InChI is InChI=1S/C15H10F3N5/c16-15(17,18)23-8-12(21-22-23)11-6-5-10-4-3-9-2-1-7-19-13(9)14(10)20-11/h1-8,21-22H. The summed E-state index contributed by atoms with van der Waals surface area (Å²) in [5, 5.41) is 1.84. The molecule has 1 aliphatic heterocycles. The van der Waals surface area contributed by atoms with Gasteiger partial charge in [-0.15, -0.1) is 18.7 Å². The van der Waals surface area contributed by atoms with Crippen molar-refractivity contribution in [1.82, 2.24) is 25.9 Å². The van der Waals surface area contributed by atoms with Crippen molar-refractivity contribution in [3.63, 3.8) is 0 Å². The summed E-state index contributed by atoms with van der Waals surface area (Å²) in [5.41, 5.74) is 6.51. The van der Waals surface area contributed by atoms with Crippen molar-refractivity contribution < 1.29 is 13.2 Å². The molecule has 23 heavy (non-hydrogen) atoms. The average Bonchev–Trinajstić information content (AvgIpc) is 3.04.